The summed E-state index contributed by atoms with van der Waals surface area (Å²) in [4.78, 5) is 42.0. The average molecular weight is 609 g/mol. The molecule has 2 aliphatic heterocycles. The molecule has 0 bridgehead atoms. The lowest BCUT2D eigenvalue weighted by atomic mass is 9.97. The monoisotopic (exact) mass is 608 g/mol. The fourth-order valence-corrected chi connectivity index (χ4v) is 6.13. The topological polar surface area (TPSA) is 121 Å². The van der Waals surface area contributed by atoms with Crippen LogP contribution in [0.25, 0.3) is 11.3 Å². The molecule has 0 spiro atoms. The second kappa shape index (κ2) is 12.2. The van der Waals surface area contributed by atoms with E-state index in [4.69, 9.17) is 0 Å². The lowest BCUT2D eigenvalue weighted by Crippen LogP contribution is -2.36. The van der Waals surface area contributed by atoms with Gasteiger partial charge in [-0.05, 0) is 57.4 Å². The highest BCUT2D eigenvalue weighted by atomic mass is 32.1. The van der Waals surface area contributed by atoms with Gasteiger partial charge in [-0.1, -0.05) is 11.3 Å². The molecule has 224 valence electrons. The summed E-state index contributed by atoms with van der Waals surface area (Å²) < 4.78 is 56.5. The summed E-state index contributed by atoms with van der Waals surface area (Å²) in [6.07, 6.45) is 0.680. The number of halogens is 4. The first-order valence-electron chi connectivity index (χ1n) is 13.4. The molecule has 1 aromatic carbocycles. The summed E-state index contributed by atoms with van der Waals surface area (Å²) >= 11 is 1.17. The third-order valence-electron chi connectivity index (χ3n) is 7.42. The van der Waals surface area contributed by atoms with Crippen LogP contribution in [0.5, 0.6) is 5.75 Å². The van der Waals surface area contributed by atoms with Crippen LogP contribution < -0.4 is 15.0 Å². The van der Waals surface area contributed by atoms with E-state index in [-0.39, 0.29) is 22.3 Å². The van der Waals surface area contributed by atoms with Crippen LogP contribution in [0.15, 0.2) is 30.6 Å². The Balaban J connectivity index is 1.35. The van der Waals surface area contributed by atoms with Gasteiger partial charge in [0.2, 0.25) is 0 Å². The summed E-state index contributed by atoms with van der Waals surface area (Å²) in [6, 6.07) is 3.44. The normalized spacial score (nSPS) is 18.3. The molecule has 3 aromatic rings. The number of carbonyl (C=O) groups is 2. The Labute approximate surface area is 242 Å². The number of aliphatic carboxylic acids is 1. The van der Waals surface area contributed by atoms with Crippen molar-refractivity contribution in [2.75, 3.05) is 29.9 Å². The Hall–Kier alpha value is -3.85. The summed E-state index contributed by atoms with van der Waals surface area (Å²) in [6.45, 7) is 4.39. The summed E-state index contributed by atoms with van der Waals surface area (Å²) in [5.41, 5.74) is 0.547. The van der Waals surface area contributed by atoms with Crippen molar-refractivity contribution in [3.8, 4) is 17.0 Å². The Morgan fingerprint density at radius 3 is 2.52 bits per heavy atom. The van der Waals surface area contributed by atoms with E-state index in [1.54, 1.807) is 0 Å². The van der Waals surface area contributed by atoms with Gasteiger partial charge in [0.1, 0.15) is 11.5 Å². The molecular formula is C27H28F4N6O4S. The predicted molar refractivity (Wildman–Crippen MR) is 146 cm³/mol. The van der Waals surface area contributed by atoms with Gasteiger partial charge < -0.3 is 14.7 Å². The zero-order valence-electron chi connectivity index (χ0n) is 22.5. The van der Waals surface area contributed by atoms with Crippen LogP contribution in [-0.4, -0.2) is 68.9 Å². The fourth-order valence-electron chi connectivity index (χ4n) is 5.12. The van der Waals surface area contributed by atoms with Gasteiger partial charge >= 0.3 is 12.3 Å². The number of thiazole rings is 1. The van der Waals surface area contributed by atoms with E-state index in [1.807, 2.05) is 4.90 Å². The van der Waals surface area contributed by atoms with E-state index in [0.717, 1.165) is 31.5 Å². The van der Waals surface area contributed by atoms with Crippen LogP contribution in [0.4, 0.5) is 28.5 Å². The minimum Gasteiger partial charge on any atom is -0.481 e. The van der Waals surface area contributed by atoms with Gasteiger partial charge in [0.15, 0.2) is 16.7 Å². The van der Waals surface area contributed by atoms with Crippen molar-refractivity contribution in [1.82, 2.24) is 19.9 Å². The molecule has 4 heterocycles. The first-order valence-corrected chi connectivity index (χ1v) is 14.2. The molecule has 1 amide bonds. The number of benzene rings is 1. The second-order valence-electron chi connectivity index (χ2n) is 10.3. The number of hydrogen-bond donors (Lipinski definition) is 2. The quantitative estimate of drug-likeness (QED) is 0.334. The third kappa shape index (κ3) is 6.95. The number of aromatic nitrogens is 3. The Bertz CT molecular complexity index is 1440. The first kappa shape index (κ1) is 29.6. The molecule has 2 fully saturated rings. The van der Waals surface area contributed by atoms with Gasteiger partial charge in [0.25, 0.3) is 5.91 Å². The van der Waals surface area contributed by atoms with Gasteiger partial charge in [-0.3, -0.25) is 19.8 Å². The molecule has 15 heteroatoms. The third-order valence-corrected chi connectivity index (χ3v) is 8.38. The van der Waals surface area contributed by atoms with Gasteiger partial charge in [-0.25, -0.2) is 19.3 Å². The number of nitrogens with one attached hydrogen (secondary N) is 1. The molecular weight excluding hydrogens is 580 g/mol. The molecule has 5 rings (SSSR count). The zero-order chi connectivity index (χ0) is 30.0. The van der Waals surface area contributed by atoms with Gasteiger partial charge in [-0.15, -0.1) is 13.2 Å². The van der Waals surface area contributed by atoms with Gasteiger partial charge in [0, 0.05) is 36.1 Å². The van der Waals surface area contributed by atoms with Crippen molar-refractivity contribution >= 4 is 34.2 Å². The first-order chi connectivity index (χ1) is 20.0. The maximum Gasteiger partial charge on any atom is 0.573 e. The minimum absolute atomic E-state index is 0.0216. The molecule has 1 atom stereocenters. The van der Waals surface area contributed by atoms with Crippen molar-refractivity contribution < 1.29 is 37.0 Å². The highest BCUT2D eigenvalue weighted by Gasteiger charge is 2.33. The van der Waals surface area contributed by atoms with Crippen molar-refractivity contribution in [3.05, 3.63) is 47.0 Å². The number of carbonyl (C=O) groups excluding carboxylic acids is 1. The maximum atomic E-state index is 14.1. The number of hydrogen-bond acceptors (Lipinski definition) is 9. The van der Waals surface area contributed by atoms with E-state index >= 15 is 0 Å². The van der Waals surface area contributed by atoms with E-state index in [9.17, 15) is 32.3 Å². The van der Waals surface area contributed by atoms with Crippen LogP contribution in [0.2, 0.25) is 0 Å². The molecule has 42 heavy (non-hydrogen) atoms. The average Bonchev–Trinajstić information content (AvgIpc) is 3.54. The van der Waals surface area contributed by atoms with Crippen molar-refractivity contribution in [2.24, 2.45) is 5.92 Å². The van der Waals surface area contributed by atoms with Crippen molar-refractivity contribution in [1.29, 1.82) is 0 Å². The minimum atomic E-state index is -5.07. The van der Waals surface area contributed by atoms with Gasteiger partial charge in [-0.2, -0.15) is 0 Å². The Morgan fingerprint density at radius 2 is 1.90 bits per heavy atom. The summed E-state index contributed by atoms with van der Waals surface area (Å²) in [7, 11) is 0. The number of likely N-dealkylation sites (tertiary alicyclic amines) is 1. The molecule has 2 aliphatic rings. The molecule has 2 aromatic heterocycles. The number of rotatable bonds is 8. The van der Waals surface area contributed by atoms with E-state index in [1.165, 1.54) is 29.8 Å². The largest absolute Gasteiger partial charge is 0.573 e. The Morgan fingerprint density at radius 1 is 1.14 bits per heavy atom. The number of carboxylic acid groups (broad SMARTS) is 1. The van der Waals surface area contributed by atoms with Crippen LogP contribution in [0.3, 0.4) is 0 Å². The molecule has 2 saturated heterocycles. The maximum absolute atomic E-state index is 14.1. The SMILES string of the molecule is C[C@@H]1CCCN1Cc1sc(NC(=O)c2cnc(N3CCC(C(=O)O)CC3)cn2)nc1-c1ccc(F)c(OC(F)(F)F)c1. The second-order valence-corrected chi connectivity index (χ2v) is 11.3. The number of anilines is 2. The lowest BCUT2D eigenvalue weighted by molar-refractivity contribution is -0.275. The fraction of sp³-hybridized carbons (Fsp3) is 0.444. The molecule has 0 saturated carbocycles. The number of nitrogens with zero attached hydrogens (tertiary/aromatic N) is 5. The summed E-state index contributed by atoms with van der Waals surface area (Å²) in [5, 5.41) is 12.1. The molecule has 10 nitrogen and oxygen atoms in total. The number of amides is 1. The predicted octanol–water partition coefficient (Wildman–Crippen LogP) is 5.18. The highest BCUT2D eigenvalue weighted by molar-refractivity contribution is 7.16. The lowest BCUT2D eigenvalue weighted by Gasteiger charge is -2.30. The van der Waals surface area contributed by atoms with E-state index in [0.29, 0.717) is 54.9 Å². The van der Waals surface area contributed by atoms with Crippen LogP contribution >= 0.6 is 11.3 Å². The van der Waals surface area contributed by atoms with E-state index in [2.05, 4.69) is 36.8 Å². The van der Waals surface area contributed by atoms with Crippen molar-refractivity contribution in [3.63, 3.8) is 0 Å². The van der Waals surface area contributed by atoms with Crippen molar-refractivity contribution in [2.45, 2.75) is 51.6 Å². The molecule has 0 unspecified atom stereocenters. The smallest absolute Gasteiger partial charge is 0.481 e. The van der Waals surface area contributed by atoms with Crippen LogP contribution in [0, 0.1) is 11.7 Å². The zero-order valence-corrected chi connectivity index (χ0v) is 23.3. The van der Waals surface area contributed by atoms with Gasteiger partial charge in [0.05, 0.1) is 24.0 Å². The number of piperidine rings is 1. The Kier molecular flexibility index (Phi) is 8.59. The summed E-state index contributed by atoms with van der Waals surface area (Å²) in [5.74, 6) is -3.39. The highest BCUT2D eigenvalue weighted by Crippen LogP contribution is 2.37. The number of ether oxygens (including phenoxy) is 1. The number of alkyl halides is 3. The van der Waals surface area contributed by atoms with Crippen LogP contribution in [-0.2, 0) is 11.3 Å². The molecule has 0 aliphatic carbocycles. The number of carboxylic acids is 1. The van der Waals surface area contributed by atoms with Crippen LogP contribution in [0.1, 0.15) is 48.0 Å². The standard InChI is InChI=1S/C27H28F4N6O4S/c1-15-3-2-8-37(15)14-21-23(17-4-5-18(28)20(11-17)41-27(29,30)31)34-26(42-21)35-24(38)19-12-33-22(13-32-19)36-9-6-16(7-10-36)25(39)40/h4-5,11-13,15-16H,2-3,6-10,14H2,1H3,(H,39,40)(H,34,35,38)/t15-/m1/s1. The molecule has 0 radical (unpaired) electrons. The molecule has 2 N–H and O–H groups in total. The van der Waals surface area contributed by atoms with E-state index < -0.39 is 29.8 Å².